The maximum atomic E-state index is 13.2. The minimum absolute atomic E-state index is 0.0150. The molecule has 1 unspecified atom stereocenters. The third kappa shape index (κ3) is 3.44. The molecule has 16 heavy (non-hydrogen) atoms. The highest BCUT2D eigenvalue weighted by molar-refractivity contribution is 6.30. The van der Waals surface area contributed by atoms with Crippen molar-refractivity contribution >= 4 is 17.5 Å². The molecule has 4 N–H and O–H groups in total. The lowest BCUT2D eigenvalue weighted by atomic mass is 10.2. The van der Waals surface area contributed by atoms with Crippen LogP contribution >= 0.6 is 11.6 Å². The molecule has 0 saturated heterocycles. The summed E-state index contributed by atoms with van der Waals surface area (Å²) in [4.78, 5) is 11.2. The average molecular weight is 247 g/mol. The number of halogens is 2. The number of hydrogen-bond donors (Lipinski definition) is 3. The molecular weight excluding hydrogens is 235 g/mol. The van der Waals surface area contributed by atoms with Gasteiger partial charge in [-0.05, 0) is 18.2 Å². The van der Waals surface area contributed by atoms with Crippen LogP contribution in [-0.4, -0.2) is 23.7 Å². The van der Waals surface area contributed by atoms with E-state index in [1.165, 1.54) is 18.2 Å². The summed E-state index contributed by atoms with van der Waals surface area (Å²) in [6, 6.07) is 3.06. The molecule has 0 fully saturated rings. The molecule has 1 atom stereocenters. The maximum absolute atomic E-state index is 13.2. The van der Waals surface area contributed by atoms with Gasteiger partial charge in [-0.15, -0.1) is 0 Å². The Hall–Kier alpha value is -1.17. The molecule has 0 aliphatic rings. The van der Waals surface area contributed by atoms with Crippen LogP contribution < -0.4 is 11.1 Å². The normalized spacial score (nSPS) is 12.2. The van der Waals surface area contributed by atoms with Gasteiger partial charge in [-0.3, -0.25) is 4.79 Å². The predicted molar refractivity (Wildman–Crippen MR) is 58.3 cm³/mol. The van der Waals surface area contributed by atoms with Crippen molar-refractivity contribution in [3.8, 4) is 0 Å². The van der Waals surface area contributed by atoms with Crippen LogP contribution in [0, 0.1) is 5.82 Å². The van der Waals surface area contributed by atoms with Gasteiger partial charge < -0.3 is 16.2 Å². The molecule has 0 spiro atoms. The molecule has 0 bridgehead atoms. The van der Waals surface area contributed by atoms with E-state index in [9.17, 15) is 9.18 Å². The molecule has 0 saturated carbocycles. The highest BCUT2D eigenvalue weighted by Gasteiger charge is 2.12. The standard InChI is InChI=1S/C10H12ClFN2O2/c11-7-1-2-8(12)6(3-7)4-14-10(16)9(13)5-15/h1-3,9,15H,4-5,13H2,(H,14,16). The van der Waals surface area contributed by atoms with Crippen molar-refractivity contribution in [2.24, 2.45) is 5.73 Å². The molecule has 0 radical (unpaired) electrons. The van der Waals surface area contributed by atoms with Gasteiger partial charge >= 0.3 is 0 Å². The Balaban J connectivity index is 2.61. The second-order valence-corrected chi connectivity index (χ2v) is 3.68. The van der Waals surface area contributed by atoms with Gasteiger partial charge in [-0.2, -0.15) is 0 Å². The molecule has 4 nitrogen and oxygen atoms in total. The third-order valence-electron chi connectivity index (χ3n) is 1.99. The summed E-state index contributed by atoms with van der Waals surface area (Å²) in [7, 11) is 0. The molecule has 1 aromatic rings. The quantitative estimate of drug-likeness (QED) is 0.721. The molecule has 1 amide bonds. The van der Waals surface area contributed by atoms with Gasteiger partial charge in [0.05, 0.1) is 6.61 Å². The SMILES string of the molecule is NC(CO)C(=O)NCc1cc(Cl)ccc1F. The fraction of sp³-hybridized carbons (Fsp3) is 0.300. The Morgan fingerprint density at radius 1 is 1.62 bits per heavy atom. The van der Waals surface area contributed by atoms with Gasteiger partial charge in [0.1, 0.15) is 11.9 Å². The molecule has 0 aliphatic heterocycles. The van der Waals surface area contributed by atoms with E-state index in [0.717, 1.165) is 0 Å². The van der Waals surface area contributed by atoms with Crippen molar-refractivity contribution in [1.29, 1.82) is 0 Å². The zero-order chi connectivity index (χ0) is 12.1. The van der Waals surface area contributed by atoms with Gasteiger partial charge in [0.25, 0.3) is 0 Å². The number of hydrogen-bond acceptors (Lipinski definition) is 3. The number of carbonyl (C=O) groups is 1. The van der Waals surface area contributed by atoms with E-state index in [1.807, 2.05) is 0 Å². The van der Waals surface area contributed by atoms with Gasteiger partial charge in [-0.25, -0.2) is 4.39 Å². The van der Waals surface area contributed by atoms with Crippen molar-refractivity contribution in [3.05, 3.63) is 34.6 Å². The van der Waals surface area contributed by atoms with Crippen LogP contribution in [0.1, 0.15) is 5.56 Å². The number of aliphatic hydroxyl groups excluding tert-OH is 1. The van der Waals surface area contributed by atoms with Crippen molar-refractivity contribution in [3.63, 3.8) is 0 Å². The van der Waals surface area contributed by atoms with Crippen LogP contribution in [0.2, 0.25) is 5.02 Å². The largest absolute Gasteiger partial charge is 0.394 e. The first-order chi connectivity index (χ1) is 7.54. The van der Waals surface area contributed by atoms with E-state index in [4.69, 9.17) is 22.4 Å². The number of amides is 1. The molecule has 1 aromatic carbocycles. The van der Waals surface area contributed by atoms with Crippen LogP contribution in [-0.2, 0) is 11.3 Å². The topological polar surface area (TPSA) is 75.3 Å². The van der Waals surface area contributed by atoms with Crippen molar-refractivity contribution in [2.45, 2.75) is 12.6 Å². The zero-order valence-electron chi connectivity index (χ0n) is 8.41. The van der Waals surface area contributed by atoms with Crippen LogP contribution in [0.5, 0.6) is 0 Å². The Morgan fingerprint density at radius 3 is 2.94 bits per heavy atom. The molecular formula is C10H12ClFN2O2. The van der Waals surface area contributed by atoms with Gasteiger partial charge in [0.2, 0.25) is 5.91 Å². The van der Waals surface area contributed by atoms with Crippen molar-refractivity contribution in [2.75, 3.05) is 6.61 Å². The summed E-state index contributed by atoms with van der Waals surface area (Å²) >= 11 is 5.68. The van der Waals surface area contributed by atoms with E-state index in [-0.39, 0.29) is 12.1 Å². The average Bonchev–Trinajstić information content (AvgIpc) is 2.28. The van der Waals surface area contributed by atoms with Gasteiger partial charge in [-0.1, -0.05) is 11.6 Å². The van der Waals surface area contributed by atoms with E-state index >= 15 is 0 Å². The summed E-state index contributed by atoms with van der Waals surface area (Å²) in [6.45, 7) is -0.469. The first-order valence-corrected chi connectivity index (χ1v) is 5.00. The fourth-order valence-electron chi connectivity index (χ4n) is 1.08. The molecule has 0 aliphatic carbocycles. The fourth-order valence-corrected chi connectivity index (χ4v) is 1.27. The van der Waals surface area contributed by atoms with Crippen molar-refractivity contribution in [1.82, 2.24) is 5.32 Å². The minimum Gasteiger partial charge on any atom is -0.394 e. The molecule has 0 heterocycles. The number of rotatable bonds is 4. The van der Waals surface area contributed by atoms with Crippen LogP contribution in [0.4, 0.5) is 4.39 Å². The van der Waals surface area contributed by atoms with E-state index in [1.54, 1.807) is 0 Å². The van der Waals surface area contributed by atoms with E-state index in [0.29, 0.717) is 5.02 Å². The van der Waals surface area contributed by atoms with Crippen LogP contribution in [0.15, 0.2) is 18.2 Å². The molecule has 0 aromatic heterocycles. The summed E-state index contributed by atoms with van der Waals surface area (Å²) in [5.74, 6) is -0.996. The Kier molecular flexibility index (Phi) is 4.67. The number of nitrogens with one attached hydrogen (secondary N) is 1. The molecule has 1 rings (SSSR count). The van der Waals surface area contributed by atoms with Crippen LogP contribution in [0.3, 0.4) is 0 Å². The number of nitrogens with two attached hydrogens (primary N) is 1. The lowest BCUT2D eigenvalue weighted by Crippen LogP contribution is -2.42. The first-order valence-electron chi connectivity index (χ1n) is 4.62. The highest BCUT2D eigenvalue weighted by Crippen LogP contribution is 2.14. The number of carbonyl (C=O) groups excluding carboxylic acids is 1. The summed E-state index contributed by atoms with van der Waals surface area (Å²) in [5.41, 5.74) is 5.54. The molecule has 6 heteroatoms. The second kappa shape index (κ2) is 5.79. The highest BCUT2D eigenvalue weighted by atomic mass is 35.5. The number of aliphatic hydroxyl groups is 1. The van der Waals surface area contributed by atoms with E-state index in [2.05, 4.69) is 5.32 Å². The van der Waals surface area contributed by atoms with Gasteiger partial charge in [0.15, 0.2) is 0 Å². The zero-order valence-corrected chi connectivity index (χ0v) is 9.17. The van der Waals surface area contributed by atoms with E-state index < -0.39 is 24.4 Å². The van der Waals surface area contributed by atoms with Crippen LogP contribution in [0.25, 0.3) is 0 Å². The van der Waals surface area contributed by atoms with Crippen molar-refractivity contribution < 1.29 is 14.3 Å². The maximum Gasteiger partial charge on any atom is 0.239 e. The summed E-state index contributed by atoms with van der Waals surface area (Å²) in [6.07, 6.45) is 0. The summed E-state index contributed by atoms with van der Waals surface area (Å²) in [5, 5.41) is 11.4. The Bertz CT molecular complexity index is 387. The smallest absolute Gasteiger partial charge is 0.239 e. The first kappa shape index (κ1) is 12.9. The monoisotopic (exact) mass is 246 g/mol. The molecule has 88 valence electrons. The minimum atomic E-state index is -0.998. The summed E-state index contributed by atoms with van der Waals surface area (Å²) < 4.78 is 13.2. The second-order valence-electron chi connectivity index (χ2n) is 3.24. The Labute approximate surface area is 97.2 Å². The number of benzene rings is 1. The lowest BCUT2D eigenvalue weighted by Gasteiger charge is -2.10. The van der Waals surface area contributed by atoms with Gasteiger partial charge in [0, 0.05) is 17.1 Å². The third-order valence-corrected chi connectivity index (χ3v) is 2.23. The predicted octanol–water partition coefficient (Wildman–Crippen LogP) is 0.415. The lowest BCUT2D eigenvalue weighted by molar-refractivity contribution is -0.123. The Morgan fingerprint density at radius 2 is 2.31 bits per heavy atom.